The minimum Gasteiger partial charge on any atom is -0.456 e. The highest BCUT2D eigenvalue weighted by atomic mass is 16.3. The van der Waals surface area contributed by atoms with Crippen LogP contribution >= 0.6 is 0 Å². The van der Waals surface area contributed by atoms with Gasteiger partial charge in [0.25, 0.3) is 0 Å². The van der Waals surface area contributed by atoms with E-state index in [2.05, 4.69) is 176 Å². The molecule has 0 amide bonds. The van der Waals surface area contributed by atoms with Crippen molar-refractivity contribution < 1.29 is 8.83 Å². The van der Waals surface area contributed by atoms with Gasteiger partial charge in [0.1, 0.15) is 28.7 Å². The molecule has 280 valence electrons. The number of rotatable bonds is 6. The zero-order chi connectivity index (χ0) is 39.6. The van der Waals surface area contributed by atoms with Gasteiger partial charge in [-0.25, -0.2) is 15.0 Å². The molecule has 0 unspecified atom stereocenters. The summed E-state index contributed by atoms with van der Waals surface area (Å²) in [5.74, 6) is 1.18. The van der Waals surface area contributed by atoms with Crippen LogP contribution in [0.5, 0.6) is 0 Å². The second-order valence-corrected chi connectivity index (χ2v) is 15.1. The highest BCUT2D eigenvalue weighted by Crippen LogP contribution is 2.45. The Morgan fingerprint density at radius 3 is 1.73 bits per heavy atom. The molecule has 9 aromatic carbocycles. The first kappa shape index (κ1) is 33.9. The lowest BCUT2D eigenvalue weighted by molar-refractivity contribution is 0.669. The monoisotopic (exact) mass is 767 g/mol. The summed E-state index contributed by atoms with van der Waals surface area (Å²) in [4.78, 5) is 14.8. The third kappa shape index (κ3) is 5.59. The molecule has 5 heteroatoms. The van der Waals surface area contributed by atoms with E-state index >= 15 is 0 Å². The van der Waals surface area contributed by atoms with E-state index in [0.717, 1.165) is 93.6 Å². The van der Waals surface area contributed by atoms with E-state index in [1.54, 1.807) is 6.33 Å². The van der Waals surface area contributed by atoms with Crippen molar-refractivity contribution in [2.75, 3.05) is 0 Å². The lowest BCUT2D eigenvalue weighted by atomic mass is 9.91. The maximum absolute atomic E-state index is 6.64. The second kappa shape index (κ2) is 13.8. The number of aromatic nitrogens is 3. The third-order valence-electron chi connectivity index (χ3n) is 11.7. The number of nitrogens with zero attached hydrogens (tertiary/aromatic N) is 3. The molecule has 3 heterocycles. The number of hydrogen-bond donors (Lipinski definition) is 0. The van der Waals surface area contributed by atoms with Crippen molar-refractivity contribution >= 4 is 54.6 Å². The van der Waals surface area contributed by atoms with Gasteiger partial charge < -0.3 is 8.83 Å². The fourth-order valence-electron chi connectivity index (χ4n) is 8.84. The van der Waals surface area contributed by atoms with Gasteiger partial charge in [-0.3, -0.25) is 0 Å². The summed E-state index contributed by atoms with van der Waals surface area (Å²) in [6.45, 7) is 0. The van der Waals surface area contributed by atoms with Crippen LogP contribution in [0.3, 0.4) is 0 Å². The Balaban J connectivity index is 1.07. The van der Waals surface area contributed by atoms with Gasteiger partial charge in [-0.05, 0) is 97.7 Å². The number of para-hydroxylation sites is 1. The van der Waals surface area contributed by atoms with Crippen molar-refractivity contribution in [3.63, 3.8) is 0 Å². The van der Waals surface area contributed by atoms with E-state index in [4.69, 9.17) is 23.8 Å². The van der Waals surface area contributed by atoms with Crippen LogP contribution < -0.4 is 0 Å². The first-order valence-electron chi connectivity index (χ1n) is 20.1. The Morgan fingerprint density at radius 2 is 0.900 bits per heavy atom. The lowest BCUT2D eigenvalue weighted by Crippen LogP contribution is -1.97. The molecule has 0 N–H and O–H groups in total. The van der Waals surface area contributed by atoms with Gasteiger partial charge in [0.15, 0.2) is 11.6 Å². The molecule has 0 radical (unpaired) electrons. The maximum atomic E-state index is 6.64. The molecule has 0 aliphatic heterocycles. The molecule has 5 nitrogen and oxygen atoms in total. The first-order valence-corrected chi connectivity index (χ1v) is 20.1. The summed E-state index contributed by atoms with van der Waals surface area (Å²) in [6, 6.07) is 67.7. The molecule has 0 atom stereocenters. The van der Waals surface area contributed by atoms with E-state index < -0.39 is 0 Å². The first-order chi connectivity index (χ1) is 29.7. The van der Waals surface area contributed by atoms with Crippen LogP contribution in [-0.4, -0.2) is 15.0 Å². The van der Waals surface area contributed by atoms with Crippen LogP contribution in [-0.2, 0) is 0 Å². The van der Waals surface area contributed by atoms with Crippen molar-refractivity contribution in [2.24, 2.45) is 0 Å². The zero-order valence-electron chi connectivity index (χ0n) is 32.2. The van der Waals surface area contributed by atoms with Gasteiger partial charge in [-0.1, -0.05) is 152 Å². The lowest BCUT2D eigenvalue weighted by Gasteiger charge is -2.14. The predicted molar refractivity (Wildman–Crippen MR) is 245 cm³/mol. The number of fused-ring (bicyclic) bond motifs is 7. The van der Waals surface area contributed by atoms with Gasteiger partial charge in [0, 0.05) is 32.7 Å². The molecule has 0 spiro atoms. The Labute approximate surface area is 344 Å². The Hall–Kier alpha value is -8.15. The molecular formula is C55H33N3O2. The zero-order valence-corrected chi connectivity index (χ0v) is 32.2. The molecule has 12 rings (SSSR count). The fraction of sp³-hybridized carbons (Fsp3) is 0. The molecule has 0 saturated heterocycles. The molecule has 12 aromatic rings. The summed E-state index contributed by atoms with van der Waals surface area (Å²) in [5.41, 5.74) is 14.0. The topological polar surface area (TPSA) is 65.0 Å². The second-order valence-electron chi connectivity index (χ2n) is 15.1. The van der Waals surface area contributed by atoms with E-state index in [9.17, 15) is 0 Å². The minimum absolute atomic E-state index is 0.572. The normalized spacial score (nSPS) is 11.7. The van der Waals surface area contributed by atoms with Crippen molar-refractivity contribution in [3.05, 3.63) is 200 Å². The summed E-state index contributed by atoms with van der Waals surface area (Å²) in [7, 11) is 0. The molecular weight excluding hydrogens is 735 g/mol. The molecule has 60 heavy (non-hydrogen) atoms. The summed E-state index contributed by atoms with van der Waals surface area (Å²) < 4.78 is 12.9. The minimum atomic E-state index is 0.572. The van der Waals surface area contributed by atoms with Crippen molar-refractivity contribution in [2.45, 2.75) is 0 Å². The van der Waals surface area contributed by atoms with Crippen LogP contribution in [0, 0.1) is 0 Å². The van der Waals surface area contributed by atoms with Crippen LogP contribution in [0.1, 0.15) is 0 Å². The predicted octanol–water partition coefficient (Wildman–Crippen LogP) is 14.8. The Morgan fingerprint density at radius 1 is 0.317 bits per heavy atom. The summed E-state index contributed by atoms with van der Waals surface area (Å²) in [5, 5.41) is 6.39. The van der Waals surface area contributed by atoms with Crippen LogP contribution in [0.2, 0.25) is 0 Å². The van der Waals surface area contributed by atoms with Crippen molar-refractivity contribution in [3.8, 4) is 67.3 Å². The molecule has 0 aliphatic carbocycles. The van der Waals surface area contributed by atoms with Crippen LogP contribution in [0.15, 0.2) is 209 Å². The van der Waals surface area contributed by atoms with Gasteiger partial charge in [0.05, 0.1) is 0 Å². The van der Waals surface area contributed by atoms with Crippen LogP contribution in [0.4, 0.5) is 0 Å². The molecule has 0 saturated carbocycles. The van der Waals surface area contributed by atoms with Gasteiger partial charge in [-0.15, -0.1) is 0 Å². The SMILES string of the molecule is c1ccc(-c2ccccc2-c2ccc(-c3ccc4oc5ccc(-c6cccc7oc8ccccc8c67)cc5c4c3-c3ncnc(-c4ccc5ccccc5c4)n3)cc2)cc1. The largest absolute Gasteiger partial charge is 0.456 e. The third-order valence-corrected chi connectivity index (χ3v) is 11.7. The van der Waals surface area contributed by atoms with Crippen molar-refractivity contribution in [1.29, 1.82) is 0 Å². The van der Waals surface area contributed by atoms with E-state index in [1.807, 2.05) is 18.2 Å². The van der Waals surface area contributed by atoms with E-state index in [-0.39, 0.29) is 0 Å². The summed E-state index contributed by atoms with van der Waals surface area (Å²) >= 11 is 0. The smallest absolute Gasteiger partial charge is 0.164 e. The average molecular weight is 768 g/mol. The molecule has 0 fully saturated rings. The highest BCUT2D eigenvalue weighted by Gasteiger charge is 2.22. The molecule has 0 bridgehead atoms. The Kier molecular flexibility index (Phi) is 7.78. The standard InChI is InChI=1S/C55H33N3O2/c1-2-12-35(13-3-1)41-15-6-7-16-42(41)36-22-24-37(25-23-36)44-28-30-50-52(53(44)55-57-33-56-54(58-55)40-26-21-34-11-4-5-14-38(34)31-40)46-32-39(27-29-48(46)60-50)43-18-10-20-49-51(43)45-17-8-9-19-47(45)59-49/h1-33H. The average Bonchev–Trinajstić information content (AvgIpc) is 3.90. The summed E-state index contributed by atoms with van der Waals surface area (Å²) in [6.07, 6.45) is 1.62. The van der Waals surface area contributed by atoms with Crippen LogP contribution in [0.25, 0.3) is 122 Å². The Bertz CT molecular complexity index is 3600. The molecule has 3 aromatic heterocycles. The van der Waals surface area contributed by atoms with Crippen molar-refractivity contribution in [1.82, 2.24) is 15.0 Å². The number of benzene rings is 9. The van der Waals surface area contributed by atoms with E-state index in [1.165, 1.54) is 16.7 Å². The molecule has 0 aliphatic rings. The fourth-order valence-corrected chi connectivity index (χ4v) is 8.84. The number of hydrogen-bond acceptors (Lipinski definition) is 5. The highest BCUT2D eigenvalue weighted by molar-refractivity contribution is 6.18. The van der Waals surface area contributed by atoms with Gasteiger partial charge in [0.2, 0.25) is 0 Å². The quantitative estimate of drug-likeness (QED) is 0.169. The van der Waals surface area contributed by atoms with Gasteiger partial charge in [-0.2, -0.15) is 0 Å². The van der Waals surface area contributed by atoms with E-state index in [0.29, 0.717) is 11.6 Å². The maximum Gasteiger partial charge on any atom is 0.164 e. The van der Waals surface area contributed by atoms with Gasteiger partial charge >= 0.3 is 0 Å². The number of furan rings is 2.